The molecular weight excluding hydrogens is 412 g/mol. The summed E-state index contributed by atoms with van der Waals surface area (Å²) in [6.07, 6.45) is 0.156. The summed E-state index contributed by atoms with van der Waals surface area (Å²) < 4.78 is 1.68. The summed E-state index contributed by atoms with van der Waals surface area (Å²) in [5.41, 5.74) is 4.72. The molecule has 0 unspecified atom stereocenters. The van der Waals surface area contributed by atoms with E-state index in [4.69, 9.17) is 0 Å². The van der Waals surface area contributed by atoms with Gasteiger partial charge in [0.1, 0.15) is 0 Å². The third kappa shape index (κ3) is 5.29. The average molecular weight is 439 g/mol. The number of anilines is 1. The minimum atomic E-state index is -0.183. The van der Waals surface area contributed by atoms with Gasteiger partial charge in [0.25, 0.3) is 11.2 Å². The highest BCUT2D eigenvalue weighted by Crippen LogP contribution is 2.29. The van der Waals surface area contributed by atoms with E-state index in [0.717, 1.165) is 40.1 Å². The second kappa shape index (κ2) is 9.30. The number of carbonyl (C=O) groups excluding carboxylic acids is 2. The zero-order chi connectivity index (χ0) is 22.7. The van der Waals surface area contributed by atoms with E-state index < -0.39 is 0 Å². The number of para-hydroxylation sites is 1. The van der Waals surface area contributed by atoms with Gasteiger partial charge in [-0.1, -0.05) is 12.1 Å². The number of amides is 2. The van der Waals surface area contributed by atoms with Crippen LogP contribution < -0.4 is 5.32 Å². The van der Waals surface area contributed by atoms with Crippen molar-refractivity contribution in [3.8, 4) is 5.95 Å². The number of aromatic nitrogens is 4. The zero-order valence-electron chi connectivity index (χ0n) is 18.6. The van der Waals surface area contributed by atoms with Crippen LogP contribution in [-0.4, -0.2) is 49.9 Å². The van der Waals surface area contributed by atoms with Gasteiger partial charge in [-0.2, -0.15) is 5.10 Å². The molecule has 0 bridgehead atoms. The standard InChI is InChI=1S/C22H26N6O2S/c1-13-11-14(2)24-21(23-13)28-16(4)17(15(3)26-28)12-20(29)25-18-9-7-8-10-19(18)31-22(30)27(5)6/h7-11H,12H2,1-6H3,(H,25,29). The molecular formula is C22H26N6O2S. The number of nitrogens with one attached hydrogen (secondary N) is 1. The second-order valence-corrected chi connectivity index (χ2v) is 8.49. The number of nitrogens with zero attached hydrogens (tertiary/aromatic N) is 5. The molecule has 3 rings (SSSR count). The Morgan fingerprint density at radius 1 is 1.06 bits per heavy atom. The Kier molecular flexibility index (Phi) is 6.74. The van der Waals surface area contributed by atoms with E-state index in [0.29, 0.717) is 16.5 Å². The Morgan fingerprint density at radius 2 is 1.71 bits per heavy atom. The Balaban J connectivity index is 1.81. The molecule has 0 atom stereocenters. The topological polar surface area (TPSA) is 93.0 Å². The molecule has 2 aromatic heterocycles. The van der Waals surface area contributed by atoms with Crippen LogP contribution in [0.15, 0.2) is 35.2 Å². The van der Waals surface area contributed by atoms with Crippen molar-refractivity contribution >= 4 is 28.6 Å². The first kappa shape index (κ1) is 22.5. The molecule has 0 aliphatic heterocycles. The lowest BCUT2D eigenvalue weighted by Crippen LogP contribution is -2.18. The lowest BCUT2D eigenvalue weighted by Gasteiger charge is -2.13. The summed E-state index contributed by atoms with van der Waals surface area (Å²) in [5, 5.41) is 7.37. The molecule has 0 saturated heterocycles. The summed E-state index contributed by atoms with van der Waals surface area (Å²) in [6, 6.07) is 9.16. The van der Waals surface area contributed by atoms with Crippen molar-refractivity contribution in [2.24, 2.45) is 0 Å². The monoisotopic (exact) mass is 438 g/mol. The molecule has 1 N–H and O–H groups in total. The van der Waals surface area contributed by atoms with Gasteiger partial charge < -0.3 is 10.2 Å². The van der Waals surface area contributed by atoms with Crippen LogP contribution in [0.25, 0.3) is 5.95 Å². The molecule has 1 aromatic carbocycles. The van der Waals surface area contributed by atoms with Crippen molar-refractivity contribution < 1.29 is 9.59 Å². The maximum Gasteiger partial charge on any atom is 0.286 e. The van der Waals surface area contributed by atoms with E-state index >= 15 is 0 Å². The maximum atomic E-state index is 12.8. The van der Waals surface area contributed by atoms with Crippen molar-refractivity contribution in [3.05, 3.63) is 58.7 Å². The molecule has 8 nitrogen and oxygen atoms in total. The molecule has 31 heavy (non-hydrogen) atoms. The smallest absolute Gasteiger partial charge is 0.286 e. The van der Waals surface area contributed by atoms with Crippen LogP contribution >= 0.6 is 11.8 Å². The number of hydrogen-bond donors (Lipinski definition) is 1. The van der Waals surface area contributed by atoms with Gasteiger partial charge in [0.15, 0.2) is 0 Å². The van der Waals surface area contributed by atoms with E-state index in [-0.39, 0.29) is 17.6 Å². The molecule has 0 fully saturated rings. The highest BCUT2D eigenvalue weighted by atomic mass is 32.2. The predicted octanol–water partition coefficient (Wildman–Crippen LogP) is 3.85. The SMILES string of the molecule is Cc1cc(C)nc(-n2nc(C)c(CC(=O)Nc3ccccc3SC(=O)N(C)C)c2C)n1. The van der Waals surface area contributed by atoms with Crippen molar-refractivity contribution in [2.75, 3.05) is 19.4 Å². The molecule has 3 aromatic rings. The first-order chi connectivity index (χ1) is 14.7. The minimum Gasteiger partial charge on any atom is -0.339 e. The van der Waals surface area contributed by atoms with E-state index in [9.17, 15) is 9.59 Å². The van der Waals surface area contributed by atoms with Gasteiger partial charge in [-0.3, -0.25) is 9.59 Å². The van der Waals surface area contributed by atoms with Gasteiger partial charge in [-0.15, -0.1) is 0 Å². The Labute approximate surface area is 186 Å². The lowest BCUT2D eigenvalue weighted by atomic mass is 10.1. The highest BCUT2D eigenvalue weighted by Gasteiger charge is 2.19. The number of benzene rings is 1. The van der Waals surface area contributed by atoms with E-state index in [1.807, 2.05) is 52.0 Å². The Bertz CT molecular complexity index is 1120. The van der Waals surface area contributed by atoms with E-state index in [1.54, 1.807) is 24.8 Å². The third-order valence-corrected chi connectivity index (χ3v) is 5.78. The van der Waals surface area contributed by atoms with Gasteiger partial charge in [-0.05, 0) is 57.7 Å². The van der Waals surface area contributed by atoms with Gasteiger partial charge in [0.2, 0.25) is 5.91 Å². The molecule has 0 spiro atoms. The zero-order valence-corrected chi connectivity index (χ0v) is 19.4. The molecule has 0 radical (unpaired) electrons. The van der Waals surface area contributed by atoms with Crippen LogP contribution in [0.2, 0.25) is 0 Å². The quantitative estimate of drug-likeness (QED) is 0.608. The summed E-state index contributed by atoms with van der Waals surface area (Å²) in [7, 11) is 3.39. The number of aryl methyl sites for hydroxylation is 3. The van der Waals surface area contributed by atoms with Crippen molar-refractivity contribution in [3.63, 3.8) is 0 Å². The van der Waals surface area contributed by atoms with Crippen LogP contribution in [0.5, 0.6) is 0 Å². The normalized spacial score (nSPS) is 10.8. The average Bonchev–Trinajstić information content (AvgIpc) is 2.97. The van der Waals surface area contributed by atoms with Crippen LogP contribution in [0.3, 0.4) is 0 Å². The van der Waals surface area contributed by atoms with Crippen LogP contribution in [0, 0.1) is 27.7 Å². The molecule has 162 valence electrons. The van der Waals surface area contributed by atoms with Crippen molar-refractivity contribution in [2.45, 2.75) is 39.0 Å². The molecule has 0 aliphatic rings. The lowest BCUT2D eigenvalue weighted by molar-refractivity contribution is -0.115. The van der Waals surface area contributed by atoms with Crippen molar-refractivity contribution in [1.29, 1.82) is 0 Å². The molecule has 2 amide bonds. The predicted molar refractivity (Wildman–Crippen MR) is 122 cm³/mol. The van der Waals surface area contributed by atoms with Gasteiger partial charge >= 0.3 is 0 Å². The fourth-order valence-corrected chi connectivity index (χ4v) is 3.87. The van der Waals surface area contributed by atoms with Gasteiger partial charge in [0.05, 0.1) is 17.8 Å². The molecule has 2 heterocycles. The van der Waals surface area contributed by atoms with Gasteiger partial charge in [-0.25, -0.2) is 14.6 Å². The fourth-order valence-electron chi connectivity index (χ4n) is 3.13. The highest BCUT2D eigenvalue weighted by molar-refractivity contribution is 8.13. The fraction of sp³-hybridized carbons (Fsp3) is 0.318. The van der Waals surface area contributed by atoms with Crippen LogP contribution in [-0.2, 0) is 11.2 Å². The first-order valence-corrected chi connectivity index (χ1v) is 10.6. The largest absolute Gasteiger partial charge is 0.339 e. The molecule has 9 heteroatoms. The molecule has 0 saturated carbocycles. The van der Waals surface area contributed by atoms with Crippen molar-refractivity contribution in [1.82, 2.24) is 24.6 Å². The summed E-state index contributed by atoms with van der Waals surface area (Å²) in [4.78, 5) is 36.0. The third-order valence-electron chi connectivity index (χ3n) is 4.66. The van der Waals surface area contributed by atoms with Crippen LogP contribution in [0.1, 0.15) is 28.3 Å². The number of thioether (sulfide) groups is 1. The second-order valence-electron chi connectivity index (χ2n) is 7.50. The Morgan fingerprint density at radius 3 is 2.35 bits per heavy atom. The van der Waals surface area contributed by atoms with Crippen LogP contribution in [0.4, 0.5) is 10.5 Å². The summed E-state index contributed by atoms with van der Waals surface area (Å²) >= 11 is 1.08. The van der Waals surface area contributed by atoms with E-state index in [1.165, 1.54) is 4.90 Å². The molecule has 0 aliphatic carbocycles. The Hall–Kier alpha value is -3.20. The number of rotatable bonds is 5. The number of hydrogen-bond acceptors (Lipinski definition) is 6. The van der Waals surface area contributed by atoms with E-state index in [2.05, 4.69) is 20.4 Å². The minimum absolute atomic E-state index is 0.108. The first-order valence-electron chi connectivity index (χ1n) is 9.81. The maximum absolute atomic E-state index is 12.8. The van der Waals surface area contributed by atoms with Gasteiger partial charge in [0, 0.05) is 41.6 Å². The summed E-state index contributed by atoms with van der Waals surface area (Å²) in [6.45, 7) is 7.60. The summed E-state index contributed by atoms with van der Waals surface area (Å²) in [5.74, 6) is 0.311. The number of carbonyl (C=O) groups is 2.